The van der Waals surface area contributed by atoms with Crippen molar-refractivity contribution >= 4 is 22.8 Å². The van der Waals surface area contributed by atoms with Crippen molar-refractivity contribution in [3.63, 3.8) is 0 Å². The number of hydrogen-bond acceptors (Lipinski definition) is 6. The van der Waals surface area contributed by atoms with E-state index in [0.29, 0.717) is 40.2 Å². The Labute approximate surface area is 194 Å². The van der Waals surface area contributed by atoms with E-state index in [9.17, 15) is 13.6 Å². The van der Waals surface area contributed by atoms with Crippen LogP contribution < -0.4 is 14.4 Å². The lowest BCUT2D eigenvalue weighted by molar-refractivity contribution is -0.135. The number of aliphatic carboxylic acids is 1. The Hall–Kier alpha value is -4.14. The van der Waals surface area contributed by atoms with E-state index in [1.165, 1.54) is 7.11 Å². The fraction of sp³-hybridized carbons (Fsp3) is 0.200. The minimum Gasteiger partial charge on any atom is -0.496 e. The number of nitrogens with zero attached hydrogens (tertiary/aromatic N) is 2. The van der Waals surface area contributed by atoms with Crippen LogP contribution >= 0.6 is 0 Å². The molecule has 0 atom stereocenters. The van der Waals surface area contributed by atoms with Crippen molar-refractivity contribution in [1.82, 2.24) is 5.16 Å². The molecular formula is C25H22F2N2O5. The summed E-state index contributed by atoms with van der Waals surface area (Å²) in [5.41, 5.74) is 2.47. The molecule has 0 aliphatic heterocycles. The first-order valence-electron chi connectivity index (χ1n) is 10.5. The highest BCUT2D eigenvalue weighted by Gasteiger charge is 2.17. The molecule has 4 rings (SSSR count). The topological polar surface area (TPSA) is 85.0 Å². The number of rotatable bonds is 9. The second-order valence-electron chi connectivity index (χ2n) is 7.52. The van der Waals surface area contributed by atoms with Gasteiger partial charge in [0, 0.05) is 18.2 Å². The van der Waals surface area contributed by atoms with Crippen LogP contribution in [0.1, 0.15) is 12.5 Å². The molecule has 7 nitrogen and oxygen atoms in total. The average Bonchev–Trinajstić information content (AvgIpc) is 3.26. The third kappa shape index (κ3) is 4.78. The number of ether oxygens (including phenoxy) is 2. The van der Waals surface area contributed by atoms with Crippen LogP contribution in [0.15, 0.2) is 59.1 Å². The van der Waals surface area contributed by atoms with Gasteiger partial charge in [0.05, 0.1) is 12.5 Å². The number of carboxylic acid groups (broad SMARTS) is 1. The third-order valence-corrected chi connectivity index (χ3v) is 5.34. The Morgan fingerprint density at radius 2 is 1.82 bits per heavy atom. The van der Waals surface area contributed by atoms with Gasteiger partial charge in [-0.05, 0) is 48.4 Å². The van der Waals surface area contributed by atoms with Gasteiger partial charge in [0.2, 0.25) is 0 Å². The van der Waals surface area contributed by atoms with Crippen molar-refractivity contribution in [1.29, 1.82) is 0 Å². The number of carboxylic acids is 1. The molecule has 1 heterocycles. The molecule has 1 N–H and O–H groups in total. The standard InChI is InChI=1S/C25H22F2N2O5/c1-3-29(13-24(30)31)25-19-10-15(4-9-22(19)34-28-25)14-33-17-7-5-16(6-8-17)18-11-20(26)21(27)12-23(18)32-2/h4-12H,3,13-14H2,1-2H3,(H,30,31). The van der Waals surface area contributed by atoms with Gasteiger partial charge in [-0.3, -0.25) is 4.79 Å². The molecule has 0 amide bonds. The maximum absolute atomic E-state index is 13.7. The van der Waals surface area contributed by atoms with E-state index in [2.05, 4.69) is 5.16 Å². The monoisotopic (exact) mass is 468 g/mol. The molecule has 0 spiro atoms. The quantitative estimate of drug-likeness (QED) is 0.358. The molecule has 0 unspecified atom stereocenters. The summed E-state index contributed by atoms with van der Waals surface area (Å²) in [6, 6.07) is 14.5. The van der Waals surface area contributed by atoms with Crippen molar-refractivity contribution in [3.05, 3.63) is 71.8 Å². The minimum absolute atomic E-state index is 0.187. The molecular weight excluding hydrogens is 446 g/mol. The number of halogens is 2. The molecule has 3 aromatic carbocycles. The lowest BCUT2D eigenvalue weighted by atomic mass is 10.0. The van der Waals surface area contributed by atoms with E-state index < -0.39 is 17.6 Å². The lowest BCUT2D eigenvalue weighted by Crippen LogP contribution is -2.29. The Kier molecular flexibility index (Phi) is 6.62. The van der Waals surface area contributed by atoms with Crippen molar-refractivity contribution in [2.75, 3.05) is 25.1 Å². The molecule has 176 valence electrons. The van der Waals surface area contributed by atoms with Gasteiger partial charge < -0.3 is 24.0 Å². The number of fused-ring (bicyclic) bond motifs is 1. The van der Waals surface area contributed by atoms with E-state index in [0.717, 1.165) is 17.7 Å². The minimum atomic E-state index is -0.974. The highest BCUT2D eigenvalue weighted by atomic mass is 19.2. The SMILES string of the molecule is CCN(CC(=O)O)c1noc2ccc(COc3ccc(-c4cc(F)c(F)cc4OC)cc3)cc12. The number of likely N-dealkylation sites (N-methyl/N-ethyl adjacent to an activating group) is 1. The van der Waals surface area contributed by atoms with Crippen LogP contribution in [-0.2, 0) is 11.4 Å². The Morgan fingerprint density at radius 1 is 1.09 bits per heavy atom. The first-order chi connectivity index (χ1) is 16.4. The van der Waals surface area contributed by atoms with Crippen LogP contribution in [-0.4, -0.2) is 36.4 Å². The van der Waals surface area contributed by atoms with E-state index >= 15 is 0 Å². The predicted molar refractivity (Wildman–Crippen MR) is 122 cm³/mol. The summed E-state index contributed by atoms with van der Waals surface area (Å²) in [6.45, 7) is 2.37. The first-order valence-corrected chi connectivity index (χ1v) is 10.5. The Morgan fingerprint density at radius 3 is 2.50 bits per heavy atom. The van der Waals surface area contributed by atoms with Crippen LogP contribution in [0.2, 0.25) is 0 Å². The third-order valence-electron chi connectivity index (χ3n) is 5.34. The first kappa shape index (κ1) is 23.0. The number of benzene rings is 3. The van der Waals surface area contributed by atoms with Crippen molar-refractivity contribution in [2.45, 2.75) is 13.5 Å². The lowest BCUT2D eigenvalue weighted by Gasteiger charge is -2.17. The molecule has 1 aromatic heterocycles. The zero-order valence-electron chi connectivity index (χ0n) is 18.5. The fourth-order valence-corrected chi connectivity index (χ4v) is 3.61. The van der Waals surface area contributed by atoms with Gasteiger partial charge >= 0.3 is 5.97 Å². The van der Waals surface area contributed by atoms with Crippen LogP contribution in [0.5, 0.6) is 11.5 Å². The maximum atomic E-state index is 13.7. The number of anilines is 1. The van der Waals surface area contributed by atoms with Gasteiger partial charge in [0.1, 0.15) is 24.7 Å². The Bertz CT molecular complexity index is 1320. The van der Waals surface area contributed by atoms with Gasteiger partial charge in [-0.2, -0.15) is 0 Å². The van der Waals surface area contributed by atoms with Crippen molar-refractivity contribution < 1.29 is 32.7 Å². The van der Waals surface area contributed by atoms with Crippen LogP contribution in [0.3, 0.4) is 0 Å². The summed E-state index contributed by atoms with van der Waals surface area (Å²) in [4.78, 5) is 12.8. The van der Waals surface area contributed by atoms with Gasteiger partial charge in [0.25, 0.3) is 0 Å². The van der Waals surface area contributed by atoms with Crippen LogP contribution in [0.4, 0.5) is 14.6 Å². The summed E-state index contributed by atoms with van der Waals surface area (Å²) < 4.78 is 43.6. The smallest absolute Gasteiger partial charge is 0.323 e. The second-order valence-corrected chi connectivity index (χ2v) is 7.52. The van der Waals surface area contributed by atoms with Crippen molar-refractivity contribution in [2.24, 2.45) is 0 Å². The van der Waals surface area contributed by atoms with Gasteiger partial charge in [-0.15, -0.1) is 0 Å². The zero-order valence-corrected chi connectivity index (χ0v) is 18.5. The molecule has 0 saturated carbocycles. The van der Waals surface area contributed by atoms with Gasteiger partial charge in [0.15, 0.2) is 23.0 Å². The summed E-state index contributed by atoms with van der Waals surface area (Å²) in [7, 11) is 1.40. The predicted octanol–water partition coefficient (Wildman–Crippen LogP) is 5.27. The molecule has 0 radical (unpaired) electrons. The highest BCUT2D eigenvalue weighted by Crippen LogP contribution is 2.33. The number of carbonyl (C=O) groups is 1. The maximum Gasteiger partial charge on any atom is 0.323 e. The van der Waals surface area contributed by atoms with Crippen LogP contribution in [0, 0.1) is 11.6 Å². The normalized spacial score (nSPS) is 10.9. The summed E-state index contributed by atoms with van der Waals surface area (Å²) in [5.74, 6) is -1.61. The summed E-state index contributed by atoms with van der Waals surface area (Å²) >= 11 is 0. The zero-order chi connectivity index (χ0) is 24.2. The summed E-state index contributed by atoms with van der Waals surface area (Å²) in [5, 5.41) is 13.9. The van der Waals surface area contributed by atoms with E-state index in [4.69, 9.17) is 19.1 Å². The van der Waals surface area contributed by atoms with E-state index in [1.54, 1.807) is 35.2 Å². The number of methoxy groups -OCH3 is 1. The molecule has 9 heteroatoms. The van der Waals surface area contributed by atoms with E-state index in [1.807, 2.05) is 19.1 Å². The second kappa shape index (κ2) is 9.78. The molecule has 0 bridgehead atoms. The van der Waals surface area contributed by atoms with Crippen molar-refractivity contribution in [3.8, 4) is 22.6 Å². The van der Waals surface area contributed by atoms with Gasteiger partial charge in [-0.25, -0.2) is 8.78 Å². The number of hydrogen-bond donors (Lipinski definition) is 1. The van der Waals surface area contributed by atoms with Gasteiger partial charge in [-0.1, -0.05) is 23.4 Å². The summed E-state index contributed by atoms with van der Waals surface area (Å²) in [6.07, 6.45) is 0. The molecule has 0 fully saturated rings. The molecule has 0 aliphatic rings. The fourth-order valence-electron chi connectivity index (χ4n) is 3.61. The molecule has 0 aliphatic carbocycles. The molecule has 0 saturated heterocycles. The highest BCUT2D eigenvalue weighted by molar-refractivity contribution is 5.90. The molecule has 4 aromatic rings. The van der Waals surface area contributed by atoms with Crippen LogP contribution in [0.25, 0.3) is 22.1 Å². The number of aromatic nitrogens is 1. The Balaban J connectivity index is 1.51. The molecule has 34 heavy (non-hydrogen) atoms. The average molecular weight is 468 g/mol. The largest absolute Gasteiger partial charge is 0.496 e. The van der Waals surface area contributed by atoms with E-state index in [-0.39, 0.29) is 18.9 Å².